The van der Waals surface area contributed by atoms with Crippen LogP contribution in [0.5, 0.6) is 5.75 Å². The van der Waals surface area contributed by atoms with E-state index >= 15 is 0 Å². The van der Waals surface area contributed by atoms with Crippen LogP contribution in [0.3, 0.4) is 0 Å². The first-order valence-electron chi connectivity index (χ1n) is 3.46. The van der Waals surface area contributed by atoms with Crippen molar-refractivity contribution >= 4 is 17.2 Å². The zero-order valence-corrected chi connectivity index (χ0v) is 7.41. The summed E-state index contributed by atoms with van der Waals surface area (Å²) in [4.78, 5) is 0.0867. The highest BCUT2D eigenvalue weighted by molar-refractivity contribution is 7.80. The van der Waals surface area contributed by atoms with Crippen LogP contribution in [0.1, 0.15) is 0 Å². The van der Waals surface area contributed by atoms with E-state index in [0.717, 1.165) is 18.2 Å². The summed E-state index contributed by atoms with van der Waals surface area (Å²) < 4.78 is 30.2. The minimum atomic E-state index is -0.641. The Morgan fingerprint density at radius 3 is 2.77 bits per heavy atom. The van der Waals surface area contributed by atoms with Crippen molar-refractivity contribution in [1.82, 2.24) is 0 Å². The Labute approximate surface area is 79.3 Å². The van der Waals surface area contributed by atoms with Gasteiger partial charge in [0.15, 0.2) is 11.6 Å². The monoisotopic (exact) mass is 203 g/mol. The van der Waals surface area contributed by atoms with Crippen LogP contribution in [0.15, 0.2) is 18.2 Å². The van der Waals surface area contributed by atoms with Gasteiger partial charge in [0.05, 0.1) is 0 Å². The van der Waals surface area contributed by atoms with E-state index in [1.807, 2.05) is 0 Å². The number of thiocarbonyl (C=S) groups is 1. The van der Waals surface area contributed by atoms with Gasteiger partial charge < -0.3 is 10.5 Å². The number of ether oxygens (including phenoxy) is 1. The third-order valence-electron chi connectivity index (χ3n) is 1.26. The van der Waals surface area contributed by atoms with E-state index in [9.17, 15) is 8.78 Å². The molecule has 0 spiro atoms. The Morgan fingerprint density at radius 1 is 1.46 bits per heavy atom. The molecule has 0 amide bonds. The summed E-state index contributed by atoms with van der Waals surface area (Å²) in [5.41, 5.74) is 5.12. The van der Waals surface area contributed by atoms with Crippen LogP contribution in [0.25, 0.3) is 0 Å². The molecule has 0 saturated carbocycles. The lowest BCUT2D eigenvalue weighted by Crippen LogP contribution is -2.18. The van der Waals surface area contributed by atoms with Gasteiger partial charge in [-0.05, 0) is 12.1 Å². The summed E-state index contributed by atoms with van der Waals surface area (Å²) in [6.07, 6.45) is 0. The highest BCUT2D eigenvalue weighted by Gasteiger charge is 2.04. The summed E-state index contributed by atoms with van der Waals surface area (Å²) in [5, 5.41) is 0. The zero-order chi connectivity index (χ0) is 9.84. The molecule has 1 aromatic carbocycles. The van der Waals surface area contributed by atoms with Crippen molar-refractivity contribution in [2.24, 2.45) is 5.73 Å². The molecule has 0 aromatic heterocycles. The third kappa shape index (κ3) is 2.95. The van der Waals surface area contributed by atoms with Crippen LogP contribution in [0.2, 0.25) is 0 Å². The van der Waals surface area contributed by atoms with E-state index in [1.54, 1.807) is 0 Å². The average molecular weight is 203 g/mol. The number of hydrogen-bond donors (Lipinski definition) is 1. The number of nitrogens with two attached hydrogens (primary N) is 1. The van der Waals surface area contributed by atoms with E-state index < -0.39 is 11.6 Å². The van der Waals surface area contributed by atoms with Crippen LogP contribution >= 0.6 is 12.2 Å². The second kappa shape index (κ2) is 4.13. The maximum Gasteiger partial charge on any atom is 0.165 e. The molecule has 0 aliphatic carbocycles. The first kappa shape index (κ1) is 9.85. The first-order chi connectivity index (χ1) is 6.09. The van der Waals surface area contributed by atoms with E-state index in [1.165, 1.54) is 0 Å². The molecule has 0 bridgehead atoms. The molecule has 0 heterocycles. The Balaban J connectivity index is 2.75. The Morgan fingerprint density at radius 2 is 2.15 bits per heavy atom. The quantitative estimate of drug-likeness (QED) is 0.758. The zero-order valence-electron chi connectivity index (χ0n) is 6.59. The van der Waals surface area contributed by atoms with Gasteiger partial charge in [-0.25, -0.2) is 8.78 Å². The summed E-state index contributed by atoms with van der Waals surface area (Å²) in [5.74, 6) is -1.40. The van der Waals surface area contributed by atoms with Gasteiger partial charge in [-0.1, -0.05) is 12.2 Å². The van der Waals surface area contributed by atoms with Gasteiger partial charge >= 0.3 is 0 Å². The van der Waals surface area contributed by atoms with Crippen LogP contribution in [0, 0.1) is 11.6 Å². The maximum absolute atomic E-state index is 12.8. The number of hydrogen-bond acceptors (Lipinski definition) is 2. The fourth-order valence-corrected chi connectivity index (χ4v) is 0.796. The SMILES string of the molecule is NC(=S)COc1cc(F)ccc1F. The molecule has 0 aliphatic heterocycles. The Bertz CT molecular complexity index is 330. The topological polar surface area (TPSA) is 35.2 Å². The third-order valence-corrected chi connectivity index (χ3v) is 1.38. The lowest BCUT2D eigenvalue weighted by molar-refractivity contribution is 0.351. The molecule has 0 fully saturated rings. The van der Waals surface area contributed by atoms with Crippen LogP contribution in [0.4, 0.5) is 8.78 Å². The predicted molar refractivity (Wildman–Crippen MR) is 48.6 cm³/mol. The lowest BCUT2D eigenvalue weighted by Gasteiger charge is -2.05. The minimum Gasteiger partial charge on any atom is -0.483 e. The van der Waals surface area contributed by atoms with Crippen molar-refractivity contribution in [2.75, 3.05) is 6.61 Å². The van der Waals surface area contributed by atoms with Gasteiger partial charge in [0.1, 0.15) is 17.4 Å². The highest BCUT2D eigenvalue weighted by Crippen LogP contribution is 2.17. The minimum absolute atomic E-state index is 0.0867. The average Bonchev–Trinajstić information content (AvgIpc) is 2.06. The van der Waals surface area contributed by atoms with Crippen molar-refractivity contribution in [3.05, 3.63) is 29.8 Å². The normalized spacial score (nSPS) is 9.69. The van der Waals surface area contributed by atoms with Crippen LogP contribution < -0.4 is 10.5 Å². The molecule has 0 unspecified atom stereocenters. The maximum atomic E-state index is 12.8. The van der Waals surface area contributed by atoms with Gasteiger partial charge in [-0.3, -0.25) is 0 Å². The van der Waals surface area contributed by atoms with Gasteiger partial charge in [-0.15, -0.1) is 0 Å². The second-order valence-corrected chi connectivity index (χ2v) is 2.85. The van der Waals surface area contributed by atoms with Gasteiger partial charge in [0.25, 0.3) is 0 Å². The molecule has 1 aromatic rings. The molecule has 13 heavy (non-hydrogen) atoms. The molecule has 70 valence electrons. The molecule has 1 rings (SSSR count). The number of rotatable bonds is 3. The molecule has 0 aliphatic rings. The Kier molecular flexibility index (Phi) is 3.13. The first-order valence-corrected chi connectivity index (χ1v) is 3.86. The van der Waals surface area contributed by atoms with Crippen molar-refractivity contribution in [1.29, 1.82) is 0 Å². The molecule has 0 radical (unpaired) electrons. The molecule has 0 atom stereocenters. The summed E-state index contributed by atoms with van der Waals surface area (Å²) in [6, 6.07) is 2.92. The molecule has 0 saturated heterocycles. The largest absolute Gasteiger partial charge is 0.483 e. The molecule has 2 N–H and O–H groups in total. The van der Waals surface area contributed by atoms with E-state index in [4.69, 9.17) is 10.5 Å². The molecule has 5 heteroatoms. The van der Waals surface area contributed by atoms with E-state index in [-0.39, 0.29) is 17.3 Å². The molecular formula is C8H7F2NOS. The van der Waals surface area contributed by atoms with E-state index in [2.05, 4.69) is 12.2 Å². The van der Waals surface area contributed by atoms with E-state index in [0.29, 0.717) is 0 Å². The standard InChI is InChI=1S/C8H7F2NOS/c9-5-1-2-6(10)7(3-5)12-4-8(11)13/h1-3H,4H2,(H2,11,13). The van der Waals surface area contributed by atoms with Crippen LogP contribution in [-0.4, -0.2) is 11.6 Å². The fourth-order valence-electron chi connectivity index (χ4n) is 0.737. The smallest absolute Gasteiger partial charge is 0.165 e. The molecule has 2 nitrogen and oxygen atoms in total. The Hall–Kier alpha value is -1.23. The second-order valence-electron chi connectivity index (χ2n) is 2.33. The predicted octanol–water partition coefficient (Wildman–Crippen LogP) is 1.63. The van der Waals surface area contributed by atoms with Gasteiger partial charge in [0.2, 0.25) is 0 Å². The molecular weight excluding hydrogens is 196 g/mol. The number of benzene rings is 1. The van der Waals surface area contributed by atoms with Crippen LogP contribution in [-0.2, 0) is 0 Å². The number of halogens is 2. The van der Waals surface area contributed by atoms with Crippen molar-refractivity contribution in [3.63, 3.8) is 0 Å². The fraction of sp³-hybridized carbons (Fsp3) is 0.125. The summed E-state index contributed by atoms with van der Waals surface area (Å²) >= 11 is 4.51. The highest BCUT2D eigenvalue weighted by atomic mass is 32.1. The van der Waals surface area contributed by atoms with Crippen molar-refractivity contribution in [2.45, 2.75) is 0 Å². The summed E-state index contributed by atoms with van der Waals surface area (Å²) in [7, 11) is 0. The van der Waals surface area contributed by atoms with Gasteiger partial charge in [0, 0.05) is 6.07 Å². The van der Waals surface area contributed by atoms with Gasteiger partial charge in [-0.2, -0.15) is 0 Å². The van der Waals surface area contributed by atoms with Crippen molar-refractivity contribution < 1.29 is 13.5 Å². The summed E-state index contributed by atoms with van der Waals surface area (Å²) in [6.45, 7) is -0.101. The van der Waals surface area contributed by atoms with Crippen molar-refractivity contribution in [3.8, 4) is 5.75 Å². The lowest BCUT2D eigenvalue weighted by atomic mass is 10.3.